The molecule has 1 aliphatic rings. The number of nitrogens with zero attached hydrogens (tertiary/aromatic N) is 3. The van der Waals surface area contributed by atoms with Crippen LogP contribution >= 0.6 is 11.3 Å². The molecule has 0 unspecified atom stereocenters. The Hall–Kier alpha value is -2.04. The van der Waals surface area contributed by atoms with E-state index in [0.717, 1.165) is 11.1 Å². The largest absolute Gasteiger partial charge is 0.372 e. The number of nitrogens with one attached hydrogen (secondary N) is 1. The van der Waals surface area contributed by atoms with Crippen molar-refractivity contribution in [2.24, 2.45) is 0 Å². The molecule has 146 valence electrons. The highest BCUT2D eigenvalue weighted by atomic mass is 32.2. The third-order valence-corrected chi connectivity index (χ3v) is 6.71. The molecule has 1 amide bonds. The summed E-state index contributed by atoms with van der Waals surface area (Å²) in [5.41, 5.74) is 1.88. The molecule has 0 aliphatic carbocycles. The summed E-state index contributed by atoms with van der Waals surface area (Å²) in [4.78, 5) is 14.4. The first-order valence-electron chi connectivity index (χ1n) is 8.60. The van der Waals surface area contributed by atoms with Crippen molar-refractivity contribution < 1.29 is 17.9 Å². The summed E-state index contributed by atoms with van der Waals surface area (Å²) in [7, 11) is -2.24. The van der Waals surface area contributed by atoms with E-state index in [1.165, 1.54) is 18.4 Å². The van der Waals surface area contributed by atoms with Crippen LogP contribution in [0.1, 0.15) is 29.5 Å². The highest BCUT2D eigenvalue weighted by Gasteiger charge is 2.27. The molecule has 0 spiro atoms. The second-order valence-corrected chi connectivity index (χ2v) is 9.17. The Morgan fingerprint density at radius 3 is 2.78 bits per heavy atom. The normalized spacial score (nSPS) is 15.3. The Bertz CT molecular complexity index is 938. The fourth-order valence-electron chi connectivity index (χ4n) is 3.05. The predicted octanol–water partition coefficient (Wildman–Crippen LogP) is 1.96. The summed E-state index contributed by atoms with van der Waals surface area (Å²) in [6.45, 7) is 4.62. The molecule has 1 aromatic carbocycles. The van der Waals surface area contributed by atoms with Gasteiger partial charge in [0.15, 0.2) is 0 Å². The first-order chi connectivity index (χ1) is 12.8. The first-order valence-corrected chi connectivity index (χ1v) is 10.9. The standard InChI is InChI=1S/C17H22N4O4S2/c1-4-15(25-3)16(22)21-8-7-12-5-6-14(9-13(12)10-21)27(23,24)20-17-19-18-11(2)26-17/h5-6,9,15H,4,7-8,10H2,1-3H3,(H,19,20)/t15-/m0/s1. The third kappa shape index (κ3) is 4.28. The minimum absolute atomic E-state index is 0.0682. The van der Waals surface area contributed by atoms with Gasteiger partial charge in [-0.1, -0.05) is 24.3 Å². The lowest BCUT2D eigenvalue weighted by atomic mass is 9.99. The molecule has 3 rings (SSSR count). The zero-order valence-electron chi connectivity index (χ0n) is 15.4. The maximum absolute atomic E-state index is 12.6. The average molecular weight is 411 g/mol. The second kappa shape index (κ2) is 7.91. The predicted molar refractivity (Wildman–Crippen MR) is 102 cm³/mol. The minimum Gasteiger partial charge on any atom is -0.372 e. The van der Waals surface area contributed by atoms with Crippen LogP contribution in [-0.2, 0) is 32.5 Å². The molecular weight excluding hydrogens is 388 g/mol. The SMILES string of the molecule is CC[C@H](OC)C(=O)N1CCc2ccc(S(=O)(=O)Nc3nnc(C)s3)cc2C1. The van der Waals surface area contributed by atoms with Crippen LogP contribution in [0.3, 0.4) is 0 Å². The Labute approximate surface area is 162 Å². The van der Waals surface area contributed by atoms with E-state index in [2.05, 4.69) is 14.9 Å². The van der Waals surface area contributed by atoms with E-state index >= 15 is 0 Å². The highest BCUT2D eigenvalue weighted by Crippen LogP contribution is 2.25. The molecule has 0 saturated heterocycles. The van der Waals surface area contributed by atoms with E-state index in [4.69, 9.17) is 4.74 Å². The van der Waals surface area contributed by atoms with Crippen LogP contribution in [0, 0.1) is 6.92 Å². The lowest BCUT2D eigenvalue weighted by Gasteiger charge is -2.31. The topological polar surface area (TPSA) is 101 Å². The molecule has 0 saturated carbocycles. The minimum atomic E-state index is -3.77. The zero-order chi connectivity index (χ0) is 19.6. The monoisotopic (exact) mass is 410 g/mol. The molecule has 10 heteroatoms. The van der Waals surface area contributed by atoms with Crippen molar-refractivity contribution in [3.8, 4) is 0 Å². The number of carbonyl (C=O) groups is 1. The number of anilines is 1. The lowest BCUT2D eigenvalue weighted by molar-refractivity contribution is -0.143. The van der Waals surface area contributed by atoms with E-state index in [-0.39, 0.29) is 15.9 Å². The molecule has 27 heavy (non-hydrogen) atoms. The number of benzene rings is 1. The number of rotatable bonds is 6. The zero-order valence-corrected chi connectivity index (χ0v) is 17.1. The number of hydrogen-bond donors (Lipinski definition) is 1. The fraction of sp³-hybridized carbons (Fsp3) is 0.471. The van der Waals surface area contributed by atoms with Crippen LogP contribution in [0.2, 0.25) is 0 Å². The van der Waals surface area contributed by atoms with Gasteiger partial charge in [0, 0.05) is 20.2 Å². The van der Waals surface area contributed by atoms with Gasteiger partial charge in [-0.3, -0.25) is 9.52 Å². The van der Waals surface area contributed by atoms with E-state index in [0.29, 0.717) is 30.9 Å². The quantitative estimate of drug-likeness (QED) is 0.781. The summed E-state index contributed by atoms with van der Waals surface area (Å²) in [6.07, 6.45) is 0.809. The molecule has 2 aromatic rings. The van der Waals surface area contributed by atoms with E-state index in [1.807, 2.05) is 13.0 Å². The second-order valence-electron chi connectivity index (χ2n) is 6.30. The van der Waals surface area contributed by atoms with Gasteiger partial charge in [0.1, 0.15) is 11.1 Å². The smallest absolute Gasteiger partial charge is 0.263 e. The Morgan fingerprint density at radius 2 is 2.15 bits per heavy atom. The van der Waals surface area contributed by atoms with Crippen molar-refractivity contribution in [1.82, 2.24) is 15.1 Å². The molecule has 1 atom stereocenters. The van der Waals surface area contributed by atoms with Gasteiger partial charge in [0.2, 0.25) is 5.13 Å². The van der Waals surface area contributed by atoms with Crippen molar-refractivity contribution in [2.75, 3.05) is 18.4 Å². The van der Waals surface area contributed by atoms with E-state index in [1.54, 1.807) is 24.0 Å². The summed E-state index contributed by atoms with van der Waals surface area (Å²) in [5, 5.41) is 8.52. The number of fused-ring (bicyclic) bond motifs is 1. The fourth-order valence-corrected chi connectivity index (χ4v) is 4.92. The first kappa shape index (κ1) is 19.7. The molecule has 8 nitrogen and oxygen atoms in total. The van der Waals surface area contributed by atoms with Crippen molar-refractivity contribution >= 4 is 32.4 Å². The Morgan fingerprint density at radius 1 is 1.37 bits per heavy atom. The number of ether oxygens (including phenoxy) is 1. The van der Waals surface area contributed by atoms with Gasteiger partial charge >= 0.3 is 0 Å². The molecule has 1 aliphatic heterocycles. The van der Waals surface area contributed by atoms with Gasteiger partial charge in [0.05, 0.1) is 4.90 Å². The Balaban J connectivity index is 1.82. The van der Waals surface area contributed by atoms with Gasteiger partial charge in [-0.05, 0) is 43.0 Å². The third-order valence-electron chi connectivity index (χ3n) is 4.49. The number of carbonyl (C=O) groups excluding carboxylic acids is 1. The summed E-state index contributed by atoms with van der Waals surface area (Å²) < 4.78 is 33.0. The maximum atomic E-state index is 12.6. The average Bonchev–Trinajstić information content (AvgIpc) is 3.05. The molecule has 0 radical (unpaired) electrons. The molecule has 0 bridgehead atoms. The number of aromatic nitrogens is 2. The van der Waals surface area contributed by atoms with Gasteiger partial charge in [-0.2, -0.15) is 0 Å². The lowest BCUT2D eigenvalue weighted by Crippen LogP contribution is -2.42. The summed E-state index contributed by atoms with van der Waals surface area (Å²) >= 11 is 1.17. The van der Waals surface area contributed by atoms with Gasteiger partial charge < -0.3 is 9.64 Å². The number of sulfonamides is 1. The molecule has 1 aromatic heterocycles. The van der Waals surface area contributed by atoms with Gasteiger partial charge in [-0.25, -0.2) is 8.42 Å². The van der Waals surface area contributed by atoms with Crippen molar-refractivity contribution in [2.45, 2.75) is 44.2 Å². The van der Waals surface area contributed by atoms with Crippen LogP contribution in [0.25, 0.3) is 0 Å². The summed E-state index contributed by atoms with van der Waals surface area (Å²) in [5.74, 6) is -0.0682. The highest BCUT2D eigenvalue weighted by molar-refractivity contribution is 7.93. The van der Waals surface area contributed by atoms with Crippen molar-refractivity contribution in [3.05, 3.63) is 34.3 Å². The number of hydrogen-bond acceptors (Lipinski definition) is 7. The van der Waals surface area contributed by atoms with Gasteiger partial charge in [-0.15, -0.1) is 10.2 Å². The number of aryl methyl sites for hydroxylation is 1. The number of amides is 1. The van der Waals surface area contributed by atoms with Crippen LogP contribution < -0.4 is 4.72 Å². The van der Waals surface area contributed by atoms with Gasteiger partial charge in [0.25, 0.3) is 15.9 Å². The van der Waals surface area contributed by atoms with E-state index < -0.39 is 16.1 Å². The number of methoxy groups -OCH3 is 1. The molecular formula is C17H22N4O4S2. The van der Waals surface area contributed by atoms with Crippen molar-refractivity contribution in [1.29, 1.82) is 0 Å². The van der Waals surface area contributed by atoms with Crippen LogP contribution in [0.15, 0.2) is 23.1 Å². The molecule has 1 N–H and O–H groups in total. The maximum Gasteiger partial charge on any atom is 0.263 e. The van der Waals surface area contributed by atoms with Crippen LogP contribution in [0.4, 0.5) is 5.13 Å². The van der Waals surface area contributed by atoms with Crippen LogP contribution in [0.5, 0.6) is 0 Å². The van der Waals surface area contributed by atoms with Crippen molar-refractivity contribution in [3.63, 3.8) is 0 Å². The van der Waals surface area contributed by atoms with E-state index in [9.17, 15) is 13.2 Å². The Kier molecular flexibility index (Phi) is 5.78. The van der Waals surface area contributed by atoms with Crippen LogP contribution in [-0.4, -0.2) is 49.2 Å². The molecule has 0 fully saturated rings. The summed E-state index contributed by atoms with van der Waals surface area (Å²) in [6, 6.07) is 5.01. The molecule has 2 heterocycles.